The van der Waals surface area contributed by atoms with Gasteiger partial charge in [0, 0.05) is 11.8 Å². The lowest BCUT2D eigenvalue weighted by Gasteiger charge is -2.45. The lowest BCUT2D eigenvalue weighted by molar-refractivity contribution is -0.126. The van der Waals surface area contributed by atoms with Crippen LogP contribution in [0.2, 0.25) is 0 Å². The second-order valence-electron chi connectivity index (χ2n) is 6.12. The number of nitrogens with zero attached hydrogens (tertiary/aromatic N) is 1. The maximum atomic E-state index is 12.5. The third kappa shape index (κ3) is 2.52. The number of anilines is 1. The van der Waals surface area contributed by atoms with Crippen LogP contribution in [-0.2, 0) is 4.79 Å². The molecular weight excluding hydrogens is 336 g/mol. The number of methoxy groups -OCH3 is 2. The largest absolute Gasteiger partial charge is 0.493 e. The molecule has 2 unspecified atom stereocenters. The fourth-order valence-corrected chi connectivity index (χ4v) is 3.37. The average Bonchev–Trinajstić information content (AvgIpc) is 2.70. The molecule has 0 aromatic heterocycles. The van der Waals surface area contributed by atoms with Crippen molar-refractivity contribution in [3.8, 4) is 23.0 Å². The van der Waals surface area contributed by atoms with Gasteiger partial charge in [0.25, 0.3) is 0 Å². The fourth-order valence-electron chi connectivity index (χ4n) is 3.37. The monoisotopic (exact) mass is 356 g/mol. The van der Waals surface area contributed by atoms with E-state index in [4.69, 9.17) is 24.7 Å². The molecule has 0 bridgehead atoms. The van der Waals surface area contributed by atoms with Crippen LogP contribution in [0, 0.1) is 0 Å². The standard InChI is InChI=1S/C19H20N2O5/c1-23-13-5-3-11(9-15(13)24-2)18-17(20)19(22)21(18)12-4-6-14-16(10-12)26-8-7-25-14/h3-6,9-10,17-18H,7-8,20H2,1-2H3. The van der Waals surface area contributed by atoms with Crippen molar-refractivity contribution in [2.75, 3.05) is 32.3 Å². The normalized spacial score (nSPS) is 21.2. The highest BCUT2D eigenvalue weighted by Gasteiger charge is 2.47. The zero-order chi connectivity index (χ0) is 18.3. The Kier molecular flexibility index (Phi) is 4.08. The molecule has 7 nitrogen and oxygen atoms in total. The van der Waals surface area contributed by atoms with Gasteiger partial charge in [-0.3, -0.25) is 4.79 Å². The summed E-state index contributed by atoms with van der Waals surface area (Å²) >= 11 is 0. The third-order valence-electron chi connectivity index (χ3n) is 4.69. The van der Waals surface area contributed by atoms with E-state index in [1.807, 2.05) is 36.4 Å². The molecule has 26 heavy (non-hydrogen) atoms. The first-order valence-electron chi connectivity index (χ1n) is 8.34. The van der Waals surface area contributed by atoms with Crippen LogP contribution < -0.4 is 29.6 Å². The van der Waals surface area contributed by atoms with Crippen LogP contribution in [0.1, 0.15) is 11.6 Å². The van der Waals surface area contributed by atoms with E-state index in [-0.39, 0.29) is 11.9 Å². The summed E-state index contributed by atoms with van der Waals surface area (Å²) in [4.78, 5) is 14.1. The zero-order valence-corrected chi connectivity index (χ0v) is 14.6. The van der Waals surface area contributed by atoms with Crippen LogP contribution in [-0.4, -0.2) is 39.4 Å². The molecule has 2 N–H and O–H groups in total. The highest BCUT2D eigenvalue weighted by Crippen LogP contribution is 2.43. The molecule has 2 aromatic carbocycles. The molecule has 1 saturated heterocycles. The number of hydrogen-bond donors (Lipinski definition) is 1. The minimum Gasteiger partial charge on any atom is -0.493 e. The number of nitrogens with two attached hydrogens (primary N) is 1. The number of fused-ring (bicyclic) bond motifs is 1. The summed E-state index contributed by atoms with van der Waals surface area (Å²) in [6.45, 7) is 1.01. The van der Waals surface area contributed by atoms with Gasteiger partial charge >= 0.3 is 0 Å². The Labute approximate surface area is 151 Å². The van der Waals surface area contributed by atoms with Gasteiger partial charge < -0.3 is 29.6 Å². The van der Waals surface area contributed by atoms with Crippen LogP contribution in [0.4, 0.5) is 5.69 Å². The highest BCUT2D eigenvalue weighted by molar-refractivity contribution is 6.05. The molecule has 1 amide bonds. The molecule has 136 valence electrons. The van der Waals surface area contributed by atoms with Crippen molar-refractivity contribution in [1.29, 1.82) is 0 Å². The molecule has 7 heteroatoms. The Morgan fingerprint density at radius 3 is 2.46 bits per heavy atom. The van der Waals surface area contributed by atoms with Gasteiger partial charge in [0.05, 0.1) is 20.3 Å². The quantitative estimate of drug-likeness (QED) is 0.843. The predicted molar refractivity (Wildman–Crippen MR) is 95.2 cm³/mol. The number of hydrogen-bond acceptors (Lipinski definition) is 6. The van der Waals surface area contributed by atoms with Gasteiger partial charge in [0.2, 0.25) is 5.91 Å². The molecule has 2 aliphatic rings. The predicted octanol–water partition coefficient (Wildman–Crippen LogP) is 1.89. The SMILES string of the molecule is COc1ccc(C2C(N)C(=O)N2c2ccc3c(c2)OCCO3)cc1OC. The Bertz CT molecular complexity index is 854. The Morgan fingerprint density at radius 2 is 1.73 bits per heavy atom. The van der Waals surface area contributed by atoms with Crippen molar-refractivity contribution in [3.63, 3.8) is 0 Å². The molecule has 0 radical (unpaired) electrons. The summed E-state index contributed by atoms with van der Waals surface area (Å²) in [5, 5.41) is 0. The van der Waals surface area contributed by atoms with Gasteiger partial charge in [-0.15, -0.1) is 0 Å². The number of carbonyl (C=O) groups is 1. The smallest absolute Gasteiger partial charge is 0.247 e. The van der Waals surface area contributed by atoms with Crippen molar-refractivity contribution < 1.29 is 23.7 Å². The third-order valence-corrected chi connectivity index (χ3v) is 4.69. The zero-order valence-electron chi connectivity index (χ0n) is 14.6. The van der Waals surface area contributed by atoms with Gasteiger partial charge in [-0.25, -0.2) is 0 Å². The minimum absolute atomic E-state index is 0.138. The molecule has 0 spiro atoms. The van der Waals surface area contributed by atoms with Crippen molar-refractivity contribution in [2.45, 2.75) is 12.1 Å². The molecule has 0 aliphatic carbocycles. The van der Waals surface area contributed by atoms with Crippen LogP contribution in [0.5, 0.6) is 23.0 Å². The molecule has 1 fully saturated rings. The summed E-state index contributed by atoms with van der Waals surface area (Å²) in [7, 11) is 3.16. The number of ether oxygens (including phenoxy) is 4. The summed E-state index contributed by atoms with van der Waals surface area (Å²) < 4.78 is 21.8. The number of carbonyl (C=O) groups excluding carboxylic acids is 1. The van der Waals surface area contributed by atoms with Crippen LogP contribution in [0.3, 0.4) is 0 Å². The molecular formula is C19H20N2O5. The molecule has 2 heterocycles. The van der Waals surface area contributed by atoms with Crippen molar-refractivity contribution in [3.05, 3.63) is 42.0 Å². The van der Waals surface area contributed by atoms with Gasteiger partial charge in [-0.05, 0) is 29.8 Å². The number of β-lactam (4-membered cyclic amide) rings is 1. The Hall–Kier alpha value is -2.93. The van der Waals surface area contributed by atoms with E-state index < -0.39 is 6.04 Å². The second-order valence-corrected chi connectivity index (χ2v) is 6.12. The summed E-state index contributed by atoms with van der Waals surface area (Å²) in [5.74, 6) is 2.40. The summed E-state index contributed by atoms with van der Waals surface area (Å²) in [6, 6.07) is 10.1. The topological polar surface area (TPSA) is 83.3 Å². The molecule has 0 saturated carbocycles. The van der Waals surface area contributed by atoms with E-state index in [0.717, 1.165) is 11.3 Å². The van der Waals surface area contributed by atoms with Crippen LogP contribution >= 0.6 is 0 Å². The van der Waals surface area contributed by atoms with Gasteiger partial charge in [-0.2, -0.15) is 0 Å². The minimum atomic E-state index is -0.610. The highest BCUT2D eigenvalue weighted by atomic mass is 16.6. The van der Waals surface area contributed by atoms with Crippen molar-refractivity contribution in [1.82, 2.24) is 0 Å². The van der Waals surface area contributed by atoms with Crippen LogP contribution in [0.15, 0.2) is 36.4 Å². The fraction of sp³-hybridized carbons (Fsp3) is 0.316. The van der Waals surface area contributed by atoms with E-state index in [9.17, 15) is 4.79 Å². The number of benzene rings is 2. The maximum Gasteiger partial charge on any atom is 0.247 e. The van der Waals surface area contributed by atoms with Crippen molar-refractivity contribution >= 4 is 11.6 Å². The first kappa shape index (κ1) is 16.5. The Morgan fingerprint density at radius 1 is 1.00 bits per heavy atom. The summed E-state index contributed by atoms with van der Waals surface area (Å²) in [5.41, 5.74) is 7.71. The maximum absolute atomic E-state index is 12.5. The Balaban J connectivity index is 1.69. The first-order chi connectivity index (χ1) is 12.6. The van der Waals surface area contributed by atoms with Crippen molar-refractivity contribution in [2.24, 2.45) is 5.73 Å². The average molecular weight is 356 g/mol. The molecule has 2 aromatic rings. The molecule has 4 rings (SSSR count). The lowest BCUT2D eigenvalue weighted by Crippen LogP contribution is -2.63. The number of rotatable bonds is 4. The second kappa shape index (κ2) is 6.42. The first-order valence-corrected chi connectivity index (χ1v) is 8.34. The van der Waals surface area contributed by atoms with E-state index >= 15 is 0 Å². The van der Waals surface area contributed by atoms with E-state index in [2.05, 4.69) is 0 Å². The van der Waals surface area contributed by atoms with Crippen LogP contribution in [0.25, 0.3) is 0 Å². The molecule has 2 aliphatic heterocycles. The van der Waals surface area contributed by atoms with E-state index in [0.29, 0.717) is 36.2 Å². The van der Waals surface area contributed by atoms with Gasteiger partial charge in [0.1, 0.15) is 19.3 Å². The molecule has 2 atom stereocenters. The summed E-state index contributed by atoms with van der Waals surface area (Å²) in [6.07, 6.45) is 0. The lowest BCUT2D eigenvalue weighted by atomic mass is 9.88. The van der Waals surface area contributed by atoms with E-state index in [1.165, 1.54) is 0 Å². The van der Waals surface area contributed by atoms with E-state index in [1.54, 1.807) is 19.1 Å². The van der Waals surface area contributed by atoms with Gasteiger partial charge in [0.15, 0.2) is 23.0 Å². The number of amides is 1. The van der Waals surface area contributed by atoms with Gasteiger partial charge in [-0.1, -0.05) is 6.07 Å².